The molecule has 128 valence electrons. The van der Waals surface area contributed by atoms with Gasteiger partial charge in [-0.1, -0.05) is 11.6 Å². The molecule has 0 radical (unpaired) electrons. The Kier molecular flexibility index (Phi) is 5.50. The van der Waals surface area contributed by atoms with Gasteiger partial charge in [0.1, 0.15) is 5.15 Å². The summed E-state index contributed by atoms with van der Waals surface area (Å²) in [4.78, 5) is 13.1. The highest BCUT2D eigenvalue weighted by Gasteiger charge is 2.32. The SMILES string of the molecule is CS(=O)(=O)N=C(C[N+](=O)[O-])N(N)c1cc(C(F)(F)F)cc(Cl)n1. The van der Waals surface area contributed by atoms with Crippen LogP contribution >= 0.6 is 11.6 Å². The summed E-state index contributed by atoms with van der Waals surface area (Å²) in [6, 6.07) is 0.962. The lowest BCUT2D eigenvalue weighted by Gasteiger charge is -2.18. The Hall–Kier alpha value is -1.99. The second-order valence-corrected chi connectivity index (χ2v) is 6.17. The summed E-state index contributed by atoms with van der Waals surface area (Å²) < 4.78 is 63.4. The fourth-order valence-electron chi connectivity index (χ4n) is 1.36. The van der Waals surface area contributed by atoms with E-state index in [-0.39, 0.29) is 5.01 Å². The van der Waals surface area contributed by atoms with Crippen molar-refractivity contribution in [2.45, 2.75) is 6.18 Å². The molecule has 0 unspecified atom stereocenters. The van der Waals surface area contributed by atoms with Crippen LogP contribution in [0, 0.1) is 10.1 Å². The summed E-state index contributed by atoms with van der Waals surface area (Å²) in [7, 11) is -4.09. The van der Waals surface area contributed by atoms with Crippen molar-refractivity contribution in [2.24, 2.45) is 10.2 Å². The molecule has 0 aromatic carbocycles. The van der Waals surface area contributed by atoms with Crippen molar-refractivity contribution in [3.05, 3.63) is 33.0 Å². The maximum atomic E-state index is 12.7. The maximum Gasteiger partial charge on any atom is 0.416 e. The van der Waals surface area contributed by atoms with Crippen molar-refractivity contribution >= 4 is 33.3 Å². The number of nitrogens with zero attached hydrogens (tertiary/aromatic N) is 4. The van der Waals surface area contributed by atoms with Crippen LogP contribution in [0.25, 0.3) is 0 Å². The number of hydrogen-bond acceptors (Lipinski definition) is 6. The minimum absolute atomic E-state index is 0.255. The highest BCUT2D eigenvalue weighted by Crippen LogP contribution is 2.32. The molecule has 0 aliphatic heterocycles. The van der Waals surface area contributed by atoms with E-state index in [1.165, 1.54) is 0 Å². The number of nitro groups is 1. The van der Waals surface area contributed by atoms with Gasteiger partial charge in [-0.15, -0.1) is 4.40 Å². The summed E-state index contributed by atoms with van der Waals surface area (Å²) in [6.45, 7) is -1.15. The monoisotopic (exact) mass is 375 g/mol. The van der Waals surface area contributed by atoms with E-state index < -0.39 is 50.0 Å². The Labute approximate surface area is 132 Å². The summed E-state index contributed by atoms with van der Waals surface area (Å²) in [6.07, 6.45) is -4.15. The predicted molar refractivity (Wildman–Crippen MR) is 75.1 cm³/mol. The van der Waals surface area contributed by atoms with Gasteiger partial charge in [0.2, 0.25) is 5.84 Å². The molecular weight excluding hydrogens is 367 g/mol. The first-order chi connectivity index (χ1) is 10.3. The highest BCUT2D eigenvalue weighted by atomic mass is 35.5. The van der Waals surface area contributed by atoms with Gasteiger partial charge in [-0.25, -0.2) is 24.3 Å². The Balaban J connectivity index is 3.39. The van der Waals surface area contributed by atoms with Gasteiger partial charge in [0, 0.05) is 4.92 Å². The second-order valence-electron chi connectivity index (χ2n) is 4.14. The maximum absolute atomic E-state index is 12.7. The average Bonchev–Trinajstić information content (AvgIpc) is 2.33. The zero-order valence-corrected chi connectivity index (χ0v) is 12.9. The first-order valence-corrected chi connectivity index (χ1v) is 7.72. The summed E-state index contributed by atoms with van der Waals surface area (Å²) in [5, 5.41) is 10.2. The minimum Gasteiger partial charge on any atom is -0.264 e. The predicted octanol–water partition coefficient (Wildman–Crippen LogP) is 1.07. The van der Waals surface area contributed by atoms with Crippen LogP contribution in [0.3, 0.4) is 0 Å². The number of sulfonamides is 1. The van der Waals surface area contributed by atoms with Gasteiger partial charge in [-0.05, 0) is 12.1 Å². The lowest BCUT2D eigenvalue weighted by Crippen LogP contribution is -2.42. The van der Waals surface area contributed by atoms with E-state index >= 15 is 0 Å². The van der Waals surface area contributed by atoms with Crippen LogP contribution in [0.2, 0.25) is 5.15 Å². The molecule has 14 heteroatoms. The van der Waals surface area contributed by atoms with Crippen molar-refractivity contribution in [2.75, 3.05) is 17.8 Å². The van der Waals surface area contributed by atoms with E-state index in [9.17, 15) is 31.7 Å². The van der Waals surface area contributed by atoms with Crippen molar-refractivity contribution in [3.63, 3.8) is 0 Å². The van der Waals surface area contributed by atoms with Gasteiger partial charge >= 0.3 is 6.18 Å². The number of aromatic nitrogens is 1. The molecule has 0 aliphatic carbocycles. The average molecular weight is 376 g/mol. The fourth-order valence-corrected chi connectivity index (χ4v) is 2.09. The molecule has 2 N–H and O–H groups in total. The Morgan fingerprint density at radius 1 is 1.52 bits per heavy atom. The minimum atomic E-state index is -4.78. The standard InChI is InChI=1S/C9H9ClF3N5O4S/c1-23(21,22)16-8(4-17(19)20)18(14)7-3-5(9(11,12)13)2-6(10)15-7/h2-3H,4,14H2,1H3. The van der Waals surface area contributed by atoms with Crippen molar-refractivity contribution in [1.82, 2.24) is 4.98 Å². The molecule has 0 bridgehead atoms. The number of halogens is 4. The lowest BCUT2D eigenvalue weighted by atomic mass is 10.2. The van der Waals surface area contributed by atoms with Crippen LogP contribution < -0.4 is 10.9 Å². The van der Waals surface area contributed by atoms with Crippen molar-refractivity contribution < 1.29 is 26.5 Å². The van der Waals surface area contributed by atoms with E-state index in [0.717, 1.165) is 0 Å². The number of rotatable bonds is 4. The van der Waals surface area contributed by atoms with Gasteiger partial charge in [0.05, 0.1) is 11.8 Å². The Morgan fingerprint density at radius 3 is 2.52 bits per heavy atom. The quantitative estimate of drug-likeness (QED) is 0.208. The van der Waals surface area contributed by atoms with Crippen molar-refractivity contribution in [3.8, 4) is 0 Å². The molecule has 1 heterocycles. The molecule has 0 saturated carbocycles. The molecule has 1 aromatic rings. The molecule has 23 heavy (non-hydrogen) atoms. The number of pyridine rings is 1. The second kappa shape index (κ2) is 6.64. The van der Waals surface area contributed by atoms with Crippen molar-refractivity contribution in [1.29, 1.82) is 0 Å². The highest BCUT2D eigenvalue weighted by molar-refractivity contribution is 7.89. The molecule has 1 rings (SSSR count). The van der Waals surface area contributed by atoms with Crippen LogP contribution in [0.5, 0.6) is 0 Å². The Morgan fingerprint density at radius 2 is 2.09 bits per heavy atom. The lowest BCUT2D eigenvalue weighted by molar-refractivity contribution is -0.463. The number of hydrogen-bond donors (Lipinski definition) is 1. The molecule has 9 nitrogen and oxygen atoms in total. The molecule has 0 atom stereocenters. The number of nitrogens with two attached hydrogens (primary N) is 1. The van der Waals surface area contributed by atoms with E-state index in [0.29, 0.717) is 18.4 Å². The molecule has 1 aromatic heterocycles. The third-order valence-electron chi connectivity index (χ3n) is 2.17. The van der Waals surface area contributed by atoms with Gasteiger partial charge in [-0.2, -0.15) is 13.2 Å². The number of alkyl halides is 3. The number of amidine groups is 1. The first kappa shape index (κ1) is 19.1. The molecular formula is C9H9ClF3N5O4S. The van der Waals surface area contributed by atoms with Crippen LogP contribution in [0.4, 0.5) is 19.0 Å². The van der Waals surface area contributed by atoms with E-state index in [4.69, 9.17) is 17.4 Å². The molecule has 0 fully saturated rings. The smallest absolute Gasteiger partial charge is 0.264 e. The van der Waals surface area contributed by atoms with Crippen LogP contribution in [0.1, 0.15) is 5.56 Å². The molecule has 0 spiro atoms. The topological polar surface area (TPSA) is 132 Å². The van der Waals surface area contributed by atoms with Gasteiger partial charge in [0.25, 0.3) is 16.6 Å². The van der Waals surface area contributed by atoms with E-state index in [1.807, 2.05) is 0 Å². The summed E-state index contributed by atoms with van der Waals surface area (Å²) >= 11 is 5.46. The van der Waals surface area contributed by atoms with Gasteiger partial charge in [-0.3, -0.25) is 10.1 Å². The van der Waals surface area contributed by atoms with E-state index in [1.54, 1.807) is 0 Å². The number of anilines is 1. The third kappa shape index (κ3) is 5.96. The Bertz CT molecular complexity index is 752. The number of hydrazine groups is 1. The zero-order valence-electron chi connectivity index (χ0n) is 11.3. The molecule has 0 amide bonds. The fraction of sp³-hybridized carbons (Fsp3) is 0.333. The van der Waals surface area contributed by atoms with Crippen LogP contribution in [-0.4, -0.2) is 37.0 Å². The summed E-state index contributed by atoms with van der Waals surface area (Å²) in [5.74, 6) is 3.93. The van der Waals surface area contributed by atoms with E-state index in [2.05, 4.69) is 9.38 Å². The van der Waals surface area contributed by atoms with Gasteiger partial charge in [0.15, 0.2) is 5.82 Å². The molecule has 0 saturated heterocycles. The van der Waals surface area contributed by atoms with Crippen LogP contribution in [0.15, 0.2) is 16.5 Å². The largest absolute Gasteiger partial charge is 0.416 e. The third-order valence-corrected chi connectivity index (χ3v) is 2.91. The first-order valence-electron chi connectivity index (χ1n) is 5.50. The van der Waals surface area contributed by atoms with Crippen LogP contribution in [-0.2, 0) is 16.2 Å². The molecule has 0 aliphatic rings. The zero-order chi connectivity index (χ0) is 18.0. The van der Waals surface area contributed by atoms with Gasteiger partial charge < -0.3 is 0 Å². The summed E-state index contributed by atoms with van der Waals surface area (Å²) in [5.41, 5.74) is -1.22. The normalized spacial score (nSPS) is 13.0.